The molecule has 3 rings (SSSR count). The van der Waals surface area contributed by atoms with Gasteiger partial charge in [0.15, 0.2) is 5.96 Å². The molecule has 2 aliphatic rings. The Bertz CT molecular complexity index is 610. The highest BCUT2D eigenvalue weighted by molar-refractivity contribution is 5.81. The third kappa shape index (κ3) is 6.26. The second kappa shape index (κ2) is 10.3. The number of likely N-dealkylation sites (tertiary alicyclic amines) is 1. The number of hydrogen-bond donors (Lipinski definition) is 2. The van der Waals surface area contributed by atoms with Crippen LogP contribution < -0.4 is 10.6 Å². The summed E-state index contributed by atoms with van der Waals surface area (Å²) in [5, 5.41) is 6.56. The molecule has 2 fully saturated rings. The number of nitrogens with one attached hydrogen (secondary N) is 2. The lowest BCUT2D eigenvalue weighted by Crippen LogP contribution is -2.42. The van der Waals surface area contributed by atoms with Crippen molar-refractivity contribution >= 4 is 11.9 Å². The monoisotopic (exact) mass is 370 g/mol. The Morgan fingerprint density at radius 1 is 1.15 bits per heavy atom. The minimum absolute atomic E-state index is 0.160. The van der Waals surface area contributed by atoms with E-state index in [1.807, 2.05) is 7.05 Å². The number of nitrogens with zero attached hydrogens (tertiary/aromatic N) is 2. The van der Waals surface area contributed by atoms with Crippen LogP contribution in [0.4, 0.5) is 0 Å². The van der Waals surface area contributed by atoms with E-state index in [4.69, 9.17) is 0 Å². The van der Waals surface area contributed by atoms with Crippen LogP contribution in [0.5, 0.6) is 0 Å². The average Bonchev–Trinajstić information content (AvgIpc) is 3.15. The highest BCUT2D eigenvalue weighted by atomic mass is 16.1. The van der Waals surface area contributed by atoms with Crippen molar-refractivity contribution in [2.45, 2.75) is 57.4 Å². The van der Waals surface area contributed by atoms with Gasteiger partial charge in [-0.2, -0.15) is 0 Å². The topological polar surface area (TPSA) is 56.7 Å². The molecule has 1 amide bonds. The lowest BCUT2D eigenvalue weighted by Gasteiger charge is -2.24. The quantitative estimate of drug-likeness (QED) is 0.598. The van der Waals surface area contributed by atoms with E-state index in [9.17, 15) is 4.79 Å². The normalized spacial score (nSPS) is 21.3. The number of carbonyl (C=O) groups is 1. The van der Waals surface area contributed by atoms with E-state index in [1.165, 1.54) is 31.2 Å². The summed E-state index contributed by atoms with van der Waals surface area (Å²) in [5.74, 6) is 1.75. The van der Waals surface area contributed by atoms with Gasteiger partial charge in [0.25, 0.3) is 0 Å². The van der Waals surface area contributed by atoms with Crippen molar-refractivity contribution in [2.24, 2.45) is 10.9 Å². The van der Waals surface area contributed by atoms with E-state index in [1.54, 1.807) is 0 Å². The van der Waals surface area contributed by atoms with Crippen LogP contribution in [0.25, 0.3) is 0 Å². The molecule has 5 nitrogen and oxygen atoms in total. The minimum Gasteiger partial charge on any atom is -0.356 e. The fourth-order valence-corrected chi connectivity index (χ4v) is 4.31. The maximum absolute atomic E-state index is 12.2. The van der Waals surface area contributed by atoms with E-state index in [2.05, 4.69) is 50.9 Å². The predicted octanol–water partition coefficient (Wildman–Crippen LogP) is 2.97. The second-order valence-electron chi connectivity index (χ2n) is 7.92. The van der Waals surface area contributed by atoms with Crippen molar-refractivity contribution in [3.8, 4) is 0 Å². The fraction of sp³-hybridized carbons (Fsp3) is 0.636. The van der Waals surface area contributed by atoms with E-state index in [0.29, 0.717) is 24.9 Å². The molecule has 1 aliphatic heterocycles. The molecule has 1 saturated carbocycles. The molecular formula is C22H34N4O. The number of benzene rings is 1. The zero-order valence-corrected chi connectivity index (χ0v) is 16.6. The second-order valence-corrected chi connectivity index (χ2v) is 7.92. The Kier molecular flexibility index (Phi) is 7.55. The zero-order chi connectivity index (χ0) is 18.9. The van der Waals surface area contributed by atoms with Crippen LogP contribution >= 0.6 is 0 Å². The summed E-state index contributed by atoms with van der Waals surface area (Å²) in [6.45, 7) is 2.71. The van der Waals surface area contributed by atoms with E-state index in [0.717, 1.165) is 38.3 Å². The van der Waals surface area contributed by atoms with Crippen molar-refractivity contribution < 1.29 is 4.79 Å². The largest absolute Gasteiger partial charge is 0.356 e. The average molecular weight is 371 g/mol. The summed E-state index contributed by atoms with van der Waals surface area (Å²) in [5.41, 5.74) is 1.41. The first-order valence-corrected chi connectivity index (χ1v) is 10.5. The van der Waals surface area contributed by atoms with Gasteiger partial charge in [-0.15, -0.1) is 0 Å². The molecular weight excluding hydrogens is 336 g/mol. The van der Waals surface area contributed by atoms with Crippen molar-refractivity contribution in [3.05, 3.63) is 35.9 Å². The van der Waals surface area contributed by atoms with Crippen LogP contribution in [0.15, 0.2) is 35.3 Å². The van der Waals surface area contributed by atoms with Crippen molar-refractivity contribution in [2.75, 3.05) is 26.7 Å². The highest BCUT2D eigenvalue weighted by Gasteiger charge is 2.25. The van der Waals surface area contributed by atoms with Gasteiger partial charge in [0.2, 0.25) is 5.91 Å². The maximum Gasteiger partial charge on any atom is 0.221 e. The Morgan fingerprint density at radius 3 is 2.67 bits per heavy atom. The number of amides is 1. The SMILES string of the molecule is CN=C(NCCC(=O)NC1CCCCC1)N1CCC(Cc2ccccc2)C1. The number of hydrogen-bond acceptors (Lipinski definition) is 2. The van der Waals surface area contributed by atoms with Gasteiger partial charge in [-0.1, -0.05) is 49.6 Å². The number of guanidine groups is 1. The first-order valence-electron chi connectivity index (χ1n) is 10.5. The summed E-state index contributed by atoms with van der Waals surface area (Å²) in [6, 6.07) is 11.1. The lowest BCUT2D eigenvalue weighted by molar-refractivity contribution is -0.121. The van der Waals surface area contributed by atoms with E-state index in [-0.39, 0.29) is 5.91 Å². The van der Waals surface area contributed by atoms with Gasteiger partial charge >= 0.3 is 0 Å². The Labute approximate surface area is 163 Å². The van der Waals surface area contributed by atoms with Gasteiger partial charge in [0, 0.05) is 39.1 Å². The van der Waals surface area contributed by atoms with Gasteiger partial charge in [0.05, 0.1) is 0 Å². The van der Waals surface area contributed by atoms with Gasteiger partial charge in [0.1, 0.15) is 0 Å². The predicted molar refractivity (Wildman–Crippen MR) is 111 cm³/mol. The molecule has 148 valence electrons. The summed E-state index contributed by atoms with van der Waals surface area (Å²) in [6.07, 6.45) is 8.90. The molecule has 1 aromatic carbocycles. The van der Waals surface area contributed by atoms with E-state index < -0.39 is 0 Å². The summed E-state index contributed by atoms with van der Waals surface area (Å²) < 4.78 is 0. The molecule has 27 heavy (non-hydrogen) atoms. The van der Waals surface area contributed by atoms with Crippen LogP contribution in [0.2, 0.25) is 0 Å². The molecule has 1 unspecified atom stereocenters. The molecule has 1 aliphatic carbocycles. The third-order valence-corrected chi connectivity index (χ3v) is 5.77. The van der Waals surface area contributed by atoms with Crippen molar-refractivity contribution in [3.63, 3.8) is 0 Å². The standard InChI is InChI=1S/C22H34N4O/c1-23-22(24-14-12-21(27)25-20-10-6-3-7-11-20)26-15-13-19(17-26)16-18-8-4-2-5-9-18/h2,4-5,8-9,19-20H,3,6-7,10-17H2,1H3,(H,23,24)(H,25,27). The number of aliphatic imine (C=N–C) groups is 1. The fourth-order valence-electron chi connectivity index (χ4n) is 4.31. The van der Waals surface area contributed by atoms with E-state index >= 15 is 0 Å². The molecule has 1 atom stereocenters. The molecule has 5 heteroatoms. The minimum atomic E-state index is 0.160. The van der Waals surface area contributed by atoms with Crippen LogP contribution in [-0.4, -0.2) is 49.5 Å². The Hall–Kier alpha value is -2.04. The summed E-state index contributed by atoms with van der Waals surface area (Å²) >= 11 is 0. The summed E-state index contributed by atoms with van der Waals surface area (Å²) in [7, 11) is 1.83. The molecule has 0 radical (unpaired) electrons. The van der Waals surface area contributed by atoms with Gasteiger partial charge < -0.3 is 15.5 Å². The van der Waals surface area contributed by atoms with Crippen LogP contribution in [-0.2, 0) is 11.2 Å². The smallest absolute Gasteiger partial charge is 0.221 e. The van der Waals surface area contributed by atoms with Gasteiger partial charge in [-0.05, 0) is 37.2 Å². The molecule has 1 heterocycles. The first kappa shape index (κ1) is 19.7. The van der Waals surface area contributed by atoms with Crippen LogP contribution in [0, 0.1) is 5.92 Å². The Morgan fingerprint density at radius 2 is 1.93 bits per heavy atom. The highest BCUT2D eigenvalue weighted by Crippen LogP contribution is 2.21. The Balaban J connectivity index is 1.37. The molecule has 0 aromatic heterocycles. The van der Waals surface area contributed by atoms with Crippen LogP contribution in [0.1, 0.15) is 50.5 Å². The number of rotatable bonds is 6. The van der Waals surface area contributed by atoms with Gasteiger partial charge in [-0.3, -0.25) is 9.79 Å². The van der Waals surface area contributed by atoms with Crippen LogP contribution in [0.3, 0.4) is 0 Å². The van der Waals surface area contributed by atoms with Gasteiger partial charge in [-0.25, -0.2) is 0 Å². The summed E-state index contributed by atoms with van der Waals surface area (Å²) in [4.78, 5) is 18.9. The molecule has 1 saturated heterocycles. The zero-order valence-electron chi connectivity index (χ0n) is 16.6. The third-order valence-electron chi connectivity index (χ3n) is 5.77. The maximum atomic E-state index is 12.2. The number of carbonyl (C=O) groups excluding carboxylic acids is 1. The lowest BCUT2D eigenvalue weighted by atomic mass is 9.95. The van der Waals surface area contributed by atoms with Crippen molar-refractivity contribution in [1.82, 2.24) is 15.5 Å². The molecule has 1 aromatic rings. The first-order chi connectivity index (χ1) is 13.2. The molecule has 0 spiro atoms. The van der Waals surface area contributed by atoms with Crippen molar-refractivity contribution in [1.29, 1.82) is 0 Å². The molecule has 2 N–H and O–H groups in total. The molecule has 0 bridgehead atoms.